The summed E-state index contributed by atoms with van der Waals surface area (Å²) in [6.45, 7) is 2.32. The Balaban J connectivity index is 1.81. The van der Waals surface area contributed by atoms with Crippen molar-refractivity contribution in [1.29, 1.82) is 0 Å². The van der Waals surface area contributed by atoms with Gasteiger partial charge in [0.2, 0.25) is 0 Å². The molecular weight excluding hydrogens is 258 g/mol. The monoisotopic (exact) mass is 273 g/mol. The predicted octanol–water partition coefficient (Wildman–Crippen LogP) is 1.60. The molecule has 2 aromatic rings. The Morgan fingerprint density at radius 2 is 1.95 bits per heavy atom. The average molecular weight is 273 g/mol. The molecular formula is C14H15N3O3. The number of nitrogen functional groups attached to an aromatic ring is 1. The van der Waals surface area contributed by atoms with Crippen LogP contribution in [-0.2, 0) is 4.74 Å². The summed E-state index contributed by atoms with van der Waals surface area (Å²) in [4.78, 5) is 19.3. The van der Waals surface area contributed by atoms with Gasteiger partial charge >= 0.3 is 5.97 Å². The van der Waals surface area contributed by atoms with Gasteiger partial charge in [0, 0.05) is 12.4 Å². The summed E-state index contributed by atoms with van der Waals surface area (Å²) in [5.74, 6) is 0.212. The van der Waals surface area contributed by atoms with Crippen LogP contribution >= 0.6 is 0 Å². The van der Waals surface area contributed by atoms with E-state index in [9.17, 15) is 4.79 Å². The molecule has 0 aliphatic rings. The van der Waals surface area contributed by atoms with Crippen LogP contribution in [0.4, 0.5) is 5.82 Å². The van der Waals surface area contributed by atoms with Gasteiger partial charge in [0.05, 0.1) is 0 Å². The molecule has 6 heteroatoms. The molecule has 0 fully saturated rings. The third-order valence-electron chi connectivity index (χ3n) is 2.59. The highest BCUT2D eigenvalue weighted by Gasteiger charge is 2.13. The van der Waals surface area contributed by atoms with Gasteiger partial charge in [0.1, 0.15) is 19.0 Å². The first-order chi connectivity index (χ1) is 9.68. The molecule has 6 nitrogen and oxygen atoms in total. The summed E-state index contributed by atoms with van der Waals surface area (Å²) in [6.07, 6.45) is 2.80. The van der Waals surface area contributed by atoms with Crippen molar-refractivity contribution < 1.29 is 14.3 Å². The van der Waals surface area contributed by atoms with Gasteiger partial charge in [0.25, 0.3) is 0 Å². The highest BCUT2D eigenvalue weighted by Crippen LogP contribution is 2.15. The Kier molecular flexibility index (Phi) is 4.49. The Bertz CT molecular complexity index is 602. The van der Waals surface area contributed by atoms with Gasteiger partial charge < -0.3 is 15.2 Å². The Hall–Kier alpha value is -2.63. The number of carbonyl (C=O) groups is 1. The van der Waals surface area contributed by atoms with E-state index in [1.165, 1.54) is 12.4 Å². The summed E-state index contributed by atoms with van der Waals surface area (Å²) < 4.78 is 10.5. The average Bonchev–Trinajstić information content (AvgIpc) is 2.45. The van der Waals surface area contributed by atoms with Crippen LogP contribution in [0.3, 0.4) is 0 Å². The van der Waals surface area contributed by atoms with Gasteiger partial charge in [0.15, 0.2) is 11.5 Å². The van der Waals surface area contributed by atoms with Crippen molar-refractivity contribution in [3.05, 3.63) is 47.9 Å². The molecule has 20 heavy (non-hydrogen) atoms. The second-order valence-electron chi connectivity index (χ2n) is 4.04. The maximum atomic E-state index is 11.7. The number of para-hydroxylation sites is 1. The first-order valence-corrected chi connectivity index (χ1v) is 6.10. The van der Waals surface area contributed by atoms with Gasteiger partial charge in [-0.25, -0.2) is 14.8 Å². The fourth-order valence-corrected chi connectivity index (χ4v) is 1.58. The number of rotatable bonds is 5. The van der Waals surface area contributed by atoms with Crippen LogP contribution in [0.1, 0.15) is 16.1 Å². The van der Waals surface area contributed by atoms with Gasteiger partial charge in [-0.15, -0.1) is 0 Å². The van der Waals surface area contributed by atoms with Crippen LogP contribution < -0.4 is 10.5 Å². The van der Waals surface area contributed by atoms with E-state index in [1.807, 2.05) is 31.2 Å². The zero-order valence-corrected chi connectivity index (χ0v) is 11.1. The van der Waals surface area contributed by atoms with E-state index < -0.39 is 5.97 Å². The van der Waals surface area contributed by atoms with E-state index in [2.05, 4.69) is 9.97 Å². The standard InChI is InChI=1S/C14H15N3O3/c1-10-4-2-3-5-11(10)19-8-9-20-14(18)12-13(15)17-7-6-16-12/h2-7H,8-9H2,1H3,(H2,15,17). The highest BCUT2D eigenvalue weighted by atomic mass is 16.6. The molecule has 2 rings (SSSR count). The van der Waals surface area contributed by atoms with Crippen molar-refractivity contribution >= 4 is 11.8 Å². The minimum atomic E-state index is -0.607. The van der Waals surface area contributed by atoms with Crippen molar-refractivity contribution in [3.63, 3.8) is 0 Å². The maximum absolute atomic E-state index is 11.7. The largest absolute Gasteiger partial charge is 0.490 e. The predicted molar refractivity (Wildman–Crippen MR) is 73.4 cm³/mol. The van der Waals surface area contributed by atoms with Crippen LogP contribution in [0, 0.1) is 6.92 Å². The summed E-state index contributed by atoms with van der Waals surface area (Å²) in [6, 6.07) is 7.62. The molecule has 2 N–H and O–H groups in total. The van der Waals surface area contributed by atoms with E-state index in [0.29, 0.717) is 0 Å². The van der Waals surface area contributed by atoms with Crippen LogP contribution in [-0.4, -0.2) is 29.2 Å². The molecule has 1 aromatic carbocycles. The Morgan fingerprint density at radius 3 is 2.70 bits per heavy atom. The number of aromatic nitrogens is 2. The summed E-state index contributed by atoms with van der Waals surface area (Å²) in [5.41, 5.74) is 6.57. The van der Waals surface area contributed by atoms with Crippen LogP contribution in [0.15, 0.2) is 36.7 Å². The highest BCUT2D eigenvalue weighted by molar-refractivity contribution is 5.91. The topological polar surface area (TPSA) is 87.3 Å². The minimum Gasteiger partial charge on any atom is -0.490 e. The quantitative estimate of drug-likeness (QED) is 0.657. The summed E-state index contributed by atoms with van der Waals surface area (Å²) >= 11 is 0. The fourth-order valence-electron chi connectivity index (χ4n) is 1.58. The number of anilines is 1. The number of esters is 1. The molecule has 0 amide bonds. The second kappa shape index (κ2) is 6.51. The number of nitrogens with zero attached hydrogens (tertiary/aromatic N) is 2. The molecule has 0 aliphatic heterocycles. The van der Waals surface area contributed by atoms with Gasteiger partial charge in [-0.05, 0) is 18.6 Å². The van der Waals surface area contributed by atoms with E-state index in [0.717, 1.165) is 11.3 Å². The van der Waals surface area contributed by atoms with Crippen molar-refractivity contribution in [2.75, 3.05) is 18.9 Å². The van der Waals surface area contributed by atoms with Crippen molar-refractivity contribution in [2.45, 2.75) is 6.92 Å². The number of nitrogens with two attached hydrogens (primary N) is 1. The molecule has 1 heterocycles. The van der Waals surface area contributed by atoms with E-state index in [4.69, 9.17) is 15.2 Å². The van der Waals surface area contributed by atoms with Crippen LogP contribution in [0.5, 0.6) is 5.75 Å². The number of hydrogen-bond donors (Lipinski definition) is 1. The molecule has 104 valence electrons. The van der Waals surface area contributed by atoms with Crippen LogP contribution in [0.2, 0.25) is 0 Å². The first kappa shape index (κ1) is 13.8. The number of hydrogen-bond acceptors (Lipinski definition) is 6. The number of ether oxygens (including phenoxy) is 2. The SMILES string of the molecule is Cc1ccccc1OCCOC(=O)c1nccnc1N. The van der Waals surface area contributed by atoms with Crippen molar-refractivity contribution in [1.82, 2.24) is 9.97 Å². The van der Waals surface area contributed by atoms with Gasteiger partial charge in [-0.2, -0.15) is 0 Å². The molecule has 0 aliphatic carbocycles. The van der Waals surface area contributed by atoms with Crippen molar-refractivity contribution in [3.8, 4) is 5.75 Å². The lowest BCUT2D eigenvalue weighted by molar-refractivity contribution is 0.0444. The first-order valence-electron chi connectivity index (χ1n) is 6.10. The summed E-state index contributed by atoms with van der Waals surface area (Å²) in [7, 11) is 0. The lowest BCUT2D eigenvalue weighted by atomic mass is 10.2. The lowest BCUT2D eigenvalue weighted by Crippen LogP contribution is -2.15. The molecule has 0 radical (unpaired) electrons. The molecule has 0 bridgehead atoms. The lowest BCUT2D eigenvalue weighted by Gasteiger charge is -2.09. The van der Waals surface area contributed by atoms with E-state index in [-0.39, 0.29) is 24.7 Å². The van der Waals surface area contributed by atoms with Crippen molar-refractivity contribution in [2.24, 2.45) is 0 Å². The Labute approximate surface area is 116 Å². The third kappa shape index (κ3) is 3.44. The zero-order chi connectivity index (χ0) is 14.4. The van der Waals surface area contributed by atoms with E-state index in [1.54, 1.807) is 0 Å². The van der Waals surface area contributed by atoms with Gasteiger partial charge in [-0.3, -0.25) is 0 Å². The minimum absolute atomic E-state index is 0.0170. The number of benzene rings is 1. The number of carbonyl (C=O) groups excluding carboxylic acids is 1. The molecule has 0 saturated carbocycles. The molecule has 0 saturated heterocycles. The maximum Gasteiger partial charge on any atom is 0.360 e. The number of aryl methyl sites for hydroxylation is 1. The molecule has 1 aromatic heterocycles. The fraction of sp³-hybridized carbons (Fsp3) is 0.214. The molecule has 0 unspecified atom stereocenters. The van der Waals surface area contributed by atoms with Gasteiger partial charge in [-0.1, -0.05) is 18.2 Å². The summed E-state index contributed by atoms with van der Waals surface area (Å²) in [5, 5.41) is 0. The second-order valence-corrected chi connectivity index (χ2v) is 4.04. The molecule has 0 atom stereocenters. The smallest absolute Gasteiger partial charge is 0.360 e. The molecule has 0 spiro atoms. The van der Waals surface area contributed by atoms with Crippen LogP contribution in [0.25, 0.3) is 0 Å². The zero-order valence-electron chi connectivity index (χ0n) is 11.1. The Morgan fingerprint density at radius 1 is 1.20 bits per heavy atom. The normalized spacial score (nSPS) is 10.1. The third-order valence-corrected chi connectivity index (χ3v) is 2.59. The van der Waals surface area contributed by atoms with E-state index >= 15 is 0 Å².